The third kappa shape index (κ3) is 3.72. The Morgan fingerprint density at radius 2 is 1.62 bits per heavy atom. The van der Waals surface area contributed by atoms with Crippen molar-refractivity contribution in [3.05, 3.63) is 29.3 Å². The molecule has 1 aromatic carbocycles. The summed E-state index contributed by atoms with van der Waals surface area (Å²) < 4.78 is 35.9. The minimum absolute atomic E-state index is 0.0909. The molecule has 4 heteroatoms. The van der Waals surface area contributed by atoms with Crippen molar-refractivity contribution in [1.29, 1.82) is 0 Å². The van der Waals surface area contributed by atoms with Crippen LogP contribution in [0.2, 0.25) is 0 Å². The molecule has 0 atom stereocenters. The van der Waals surface area contributed by atoms with E-state index < -0.39 is 5.51 Å². The summed E-state index contributed by atoms with van der Waals surface area (Å²) in [4.78, 5) is 0.223. The summed E-state index contributed by atoms with van der Waals surface area (Å²) in [5.74, 6) is 0. The van der Waals surface area contributed by atoms with Crippen LogP contribution in [0.3, 0.4) is 0 Å². The Morgan fingerprint density at radius 3 is 2.00 bits per heavy atom. The van der Waals surface area contributed by atoms with E-state index >= 15 is 0 Å². The monoisotopic (exact) mass is 205 g/mol. The second-order valence-electron chi connectivity index (χ2n) is 2.73. The van der Waals surface area contributed by atoms with Crippen LogP contribution in [-0.2, 0) is 0 Å². The minimum atomic E-state index is -4.21. The molecule has 0 heterocycles. The third-order valence-corrected chi connectivity index (χ3v) is 2.05. The molecule has 0 spiro atoms. The van der Waals surface area contributed by atoms with Gasteiger partial charge in [0.25, 0.3) is 0 Å². The lowest BCUT2D eigenvalue weighted by molar-refractivity contribution is -0.0328. The van der Waals surface area contributed by atoms with Gasteiger partial charge in [0.2, 0.25) is 0 Å². The fraction of sp³-hybridized carbons (Fsp3) is 0.333. The molecule has 0 aliphatic rings. The first-order valence-corrected chi connectivity index (χ1v) is 4.45. The van der Waals surface area contributed by atoms with Crippen molar-refractivity contribution in [3.8, 4) is 0 Å². The van der Waals surface area contributed by atoms with E-state index in [9.17, 15) is 13.2 Å². The minimum Gasteiger partial charge on any atom is -0.160 e. The predicted octanol–water partition coefficient (Wildman–Crippen LogP) is 3.72. The zero-order chi connectivity index (χ0) is 10.1. The molecule has 1 radical (unpaired) electrons. The Kier molecular flexibility index (Phi) is 2.91. The second kappa shape index (κ2) is 3.62. The summed E-state index contributed by atoms with van der Waals surface area (Å²) in [5, 5.41) is 0. The van der Waals surface area contributed by atoms with Crippen LogP contribution in [0.5, 0.6) is 0 Å². The fourth-order valence-corrected chi connectivity index (χ4v) is 1.78. The quantitative estimate of drug-likeness (QED) is 0.630. The lowest BCUT2D eigenvalue weighted by atomic mass is 10.2. The molecule has 0 N–H and O–H groups in total. The molecular formula is C9H8F3S. The van der Waals surface area contributed by atoms with E-state index in [4.69, 9.17) is 0 Å². The smallest absolute Gasteiger partial charge is 0.160 e. The highest BCUT2D eigenvalue weighted by Gasteiger charge is 2.29. The van der Waals surface area contributed by atoms with Crippen molar-refractivity contribution >= 4 is 11.8 Å². The van der Waals surface area contributed by atoms with E-state index in [-0.39, 0.29) is 16.7 Å². The van der Waals surface area contributed by atoms with Crippen molar-refractivity contribution in [2.45, 2.75) is 24.3 Å². The number of halogens is 3. The van der Waals surface area contributed by atoms with Gasteiger partial charge in [-0.25, -0.2) is 0 Å². The molecule has 0 saturated carbocycles. The van der Waals surface area contributed by atoms with Crippen LogP contribution in [0, 0.1) is 19.9 Å². The van der Waals surface area contributed by atoms with Gasteiger partial charge in [-0.05, 0) is 54.9 Å². The maximum Gasteiger partial charge on any atom is 0.446 e. The normalized spacial score (nSPS) is 11.8. The summed E-state index contributed by atoms with van der Waals surface area (Å²) in [5.41, 5.74) is -2.75. The van der Waals surface area contributed by atoms with Crippen LogP contribution < -0.4 is 0 Å². The largest absolute Gasteiger partial charge is 0.446 e. The van der Waals surface area contributed by atoms with Crippen molar-refractivity contribution in [2.75, 3.05) is 0 Å². The van der Waals surface area contributed by atoms with Gasteiger partial charge in [-0.15, -0.1) is 0 Å². The van der Waals surface area contributed by atoms with Crippen LogP contribution in [0.1, 0.15) is 11.1 Å². The van der Waals surface area contributed by atoms with Crippen LogP contribution in [-0.4, -0.2) is 5.51 Å². The van der Waals surface area contributed by atoms with Crippen LogP contribution in [0.25, 0.3) is 0 Å². The van der Waals surface area contributed by atoms with E-state index in [1.54, 1.807) is 13.8 Å². The third-order valence-electron chi connectivity index (χ3n) is 1.35. The number of thioether (sulfide) groups is 1. The maximum atomic E-state index is 12.0. The molecule has 0 saturated heterocycles. The van der Waals surface area contributed by atoms with Crippen molar-refractivity contribution in [1.82, 2.24) is 0 Å². The highest BCUT2D eigenvalue weighted by Crippen LogP contribution is 2.37. The molecule has 13 heavy (non-hydrogen) atoms. The molecule has 0 aliphatic heterocycles. The molecule has 1 aromatic rings. The number of hydrogen-bond acceptors (Lipinski definition) is 1. The molecule has 1 rings (SSSR count). The molecule has 0 aliphatic carbocycles. The van der Waals surface area contributed by atoms with Gasteiger partial charge in [0, 0.05) is 4.90 Å². The van der Waals surface area contributed by atoms with Gasteiger partial charge in [0.05, 0.1) is 0 Å². The van der Waals surface area contributed by atoms with Gasteiger partial charge in [-0.1, -0.05) is 0 Å². The molecular weight excluding hydrogens is 197 g/mol. The molecule has 0 aromatic heterocycles. The van der Waals surface area contributed by atoms with E-state index in [0.29, 0.717) is 0 Å². The second-order valence-corrected chi connectivity index (χ2v) is 3.87. The molecule has 0 nitrogen and oxygen atoms in total. The summed E-state index contributed by atoms with van der Waals surface area (Å²) >= 11 is -0.0909. The van der Waals surface area contributed by atoms with Crippen LogP contribution >= 0.6 is 11.8 Å². The Bertz CT molecular complexity index is 284. The molecule has 71 valence electrons. The zero-order valence-electron chi connectivity index (χ0n) is 7.20. The van der Waals surface area contributed by atoms with Crippen molar-refractivity contribution in [2.24, 2.45) is 0 Å². The zero-order valence-corrected chi connectivity index (χ0v) is 8.01. The van der Waals surface area contributed by atoms with Crippen LogP contribution in [0.15, 0.2) is 17.0 Å². The highest BCUT2D eigenvalue weighted by atomic mass is 32.2. The fourth-order valence-electron chi connectivity index (χ4n) is 1.04. The number of rotatable bonds is 1. The summed E-state index contributed by atoms with van der Waals surface area (Å²) in [6.45, 7) is 3.46. The summed E-state index contributed by atoms with van der Waals surface area (Å²) in [6.07, 6.45) is 0. The first-order chi connectivity index (χ1) is 5.87. The Hall–Kier alpha value is -0.640. The van der Waals surface area contributed by atoms with E-state index in [1.165, 1.54) is 12.1 Å². The van der Waals surface area contributed by atoms with Crippen LogP contribution in [0.4, 0.5) is 13.2 Å². The number of benzene rings is 1. The van der Waals surface area contributed by atoms with Crippen molar-refractivity contribution in [3.63, 3.8) is 0 Å². The van der Waals surface area contributed by atoms with E-state index in [1.807, 2.05) is 0 Å². The molecule has 0 unspecified atom stereocenters. The average molecular weight is 205 g/mol. The molecule has 0 bridgehead atoms. The topological polar surface area (TPSA) is 0 Å². The van der Waals surface area contributed by atoms with Gasteiger partial charge < -0.3 is 0 Å². The van der Waals surface area contributed by atoms with Gasteiger partial charge in [-0.3, -0.25) is 0 Å². The SMILES string of the molecule is Cc1[c]c(C)cc(SC(F)(F)F)c1. The molecule has 0 amide bonds. The highest BCUT2D eigenvalue weighted by molar-refractivity contribution is 8.00. The first-order valence-electron chi connectivity index (χ1n) is 3.63. The van der Waals surface area contributed by atoms with Gasteiger partial charge in [-0.2, -0.15) is 13.2 Å². The number of hydrogen-bond donors (Lipinski definition) is 0. The number of aryl methyl sites for hydroxylation is 2. The summed E-state index contributed by atoms with van der Waals surface area (Å²) in [6, 6.07) is 5.87. The summed E-state index contributed by atoms with van der Waals surface area (Å²) in [7, 11) is 0. The maximum absolute atomic E-state index is 12.0. The Balaban J connectivity index is 2.90. The van der Waals surface area contributed by atoms with Crippen molar-refractivity contribution < 1.29 is 13.2 Å². The van der Waals surface area contributed by atoms with E-state index in [0.717, 1.165) is 11.1 Å². The van der Waals surface area contributed by atoms with E-state index in [2.05, 4.69) is 6.07 Å². The molecule has 0 fully saturated rings. The van der Waals surface area contributed by atoms with Gasteiger partial charge in [0.1, 0.15) is 0 Å². The average Bonchev–Trinajstić information content (AvgIpc) is 1.78. The lowest BCUT2D eigenvalue weighted by Gasteiger charge is -2.06. The Morgan fingerprint density at radius 1 is 1.15 bits per heavy atom. The lowest BCUT2D eigenvalue weighted by Crippen LogP contribution is -1.99. The Labute approximate surface area is 79.1 Å². The van der Waals surface area contributed by atoms with Gasteiger partial charge in [0.15, 0.2) is 0 Å². The first kappa shape index (κ1) is 10.4. The predicted molar refractivity (Wildman–Crippen MR) is 46.7 cm³/mol. The standard InChI is InChI=1S/C9H8F3S/c1-6-3-7(2)5-8(4-6)13-9(10,11)12/h4-5H,1-2H3. The number of alkyl halides is 3. The van der Waals surface area contributed by atoms with Gasteiger partial charge >= 0.3 is 5.51 Å².